The molecule has 146 valence electrons. The van der Waals surface area contributed by atoms with E-state index in [1.807, 2.05) is 30.3 Å². The summed E-state index contributed by atoms with van der Waals surface area (Å²) < 4.78 is 4.90. The molecule has 2 fully saturated rings. The van der Waals surface area contributed by atoms with Crippen molar-refractivity contribution in [3.05, 3.63) is 35.9 Å². The monoisotopic (exact) mass is 373 g/mol. The van der Waals surface area contributed by atoms with Crippen LogP contribution in [-0.4, -0.2) is 73.5 Å². The maximum atomic E-state index is 13.1. The van der Waals surface area contributed by atoms with Gasteiger partial charge in [0.15, 0.2) is 0 Å². The fourth-order valence-electron chi connectivity index (χ4n) is 3.84. The van der Waals surface area contributed by atoms with Crippen molar-refractivity contribution >= 4 is 17.7 Å². The fraction of sp³-hybridized carbons (Fsp3) is 0.550. The van der Waals surface area contributed by atoms with Crippen molar-refractivity contribution < 1.29 is 19.1 Å². The molecule has 3 rings (SSSR count). The SMILES string of the molecule is COCC(=O)N1CCC(C(=O)N2CCNC(=O)[C@H]2Cc2ccccc2)CC1. The molecular formula is C20H27N3O4. The van der Waals surface area contributed by atoms with Gasteiger partial charge in [0, 0.05) is 45.6 Å². The van der Waals surface area contributed by atoms with E-state index in [0.717, 1.165) is 5.56 Å². The summed E-state index contributed by atoms with van der Waals surface area (Å²) in [5.74, 6) is -0.237. The number of hydrogen-bond donors (Lipinski definition) is 1. The van der Waals surface area contributed by atoms with Crippen molar-refractivity contribution in [3.63, 3.8) is 0 Å². The van der Waals surface area contributed by atoms with Crippen molar-refractivity contribution in [3.8, 4) is 0 Å². The molecule has 0 aromatic heterocycles. The zero-order valence-corrected chi connectivity index (χ0v) is 15.7. The third kappa shape index (κ3) is 4.66. The number of benzene rings is 1. The Labute approximate surface area is 159 Å². The van der Waals surface area contributed by atoms with E-state index in [1.165, 1.54) is 7.11 Å². The van der Waals surface area contributed by atoms with Gasteiger partial charge >= 0.3 is 0 Å². The van der Waals surface area contributed by atoms with Crippen LogP contribution in [0.25, 0.3) is 0 Å². The zero-order valence-electron chi connectivity index (χ0n) is 15.7. The molecule has 1 aromatic rings. The second kappa shape index (κ2) is 8.99. The molecule has 7 nitrogen and oxygen atoms in total. The molecule has 2 aliphatic rings. The molecule has 2 aliphatic heterocycles. The summed E-state index contributed by atoms with van der Waals surface area (Å²) in [4.78, 5) is 41.0. The molecule has 27 heavy (non-hydrogen) atoms. The molecule has 1 atom stereocenters. The second-order valence-electron chi connectivity index (χ2n) is 7.12. The Morgan fingerprint density at radius 3 is 2.52 bits per heavy atom. The molecule has 2 heterocycles. The van der Waals surface area contributed by atoms with Crippen LogP contribution in [-0.2, 0) is 25.5 Å². The average Bonchev–Trinajstić information content (AvgIpc) is 2.70. The van der Waals surface area contributed by atoms with Crippen LogP contribution in [0, 0.1) is 5.92 Å². The highest BCUT2D eigenvalue weighted by molar-refractivity contribution is 5.90. The first-order valence-electron chi connectivity index (χ1n) is 9.49. The molecule has 1 N–H and O–H groups in total. The van der Waals surface area contributed by atoms with E-state index in [-0.39, 0.29) is 30.2 Å². The van der Waals surface area contributed by atoms with E-state index < -0.39 is 6.04 Å². The average molecular weight is 373 g/mol. The first kappa shape index (κ1) is 19.4. The third-order valence-electron chi connectivity index (χ3n) is 5.35. The summed E-state index contributed by atoms with van der Waals surface area (Å²) in [5.41, 5.74) is 1.04. The van der Waals surface area contributed by atoms with Crippen molar-refractivity contribution in [1.82, 2.24) is 15.1 Å². The van der Waals surface area contributed by atoms with E-state index >= 15 is 0 Å². The maximum absolute atomic E-state index is 13.1. The zero-order chi connectivity index (χ0) is 19.2. The number of carbonyl (C=O) groups is 3. The van der Waals surface area contributed by atoms with Crippen LogP contribution in [0.2, 0.25) is 0 Å². The number of amides is 3. The lowest BCUT2D eigenvalue weighted by Crippen LogP contribution is -2.59. The van der Waals surface area contributed by atoms with Crippen LogP contribution >= 0.6 is 0 Å². The molecule has 7 heteroatoms. The van der Waals surface area contributed by atoms with Crippen molar-refractivity contribution in [1.29, 1.82) is 0 Å². The Morgan fingerprint density at radius 1 is 1.15 bits per heavy atom. The highest BCUT2D eigenvalue weighted by Crippen LogP contribution is 2.23. The van der Waals surface area contributed by atoms with Crippen LogP contribution in [0.15, 0.2) is 30.3 Å². The van der Waals surface area contributed by atoms with Crippen molar-refractivity contribution in [2.75, 3.05) is 39.9 Å². The first-order chi connectivity index (χ1) is 13.1. The van der Waals surface area contributed by atoms with Crippen LogP contribution in [0.4, 0.5) is 0 Å². The molecule has 1 aromatic carbocycles. The van der Waals surface area contributed by atoms with E-state index in [0.29, 0.717) is 45.4 Å². The van der Waals surface area contributed by atoms with Gasteiger partial charge < -0.3 is 19.9 Å². The van der Waals surface area contributed by atoms with Gasteiger partial charge in [-0.15, -0.1) is 0 Å². The number of carbonyl (C=O) groups excluding carboxylic acids is 3. The number of likely N-dealkylation sites (tertiary alicyclic amines) is 1. The minimum absolute atomic E-state index is 0.0321. The molecule has 2 saturated heterocycles. The number of nitrogens with zero attached hydrogens (tertiary/aromatic N) is 2. The highest BCUT2D eigenvalue weighted by Gasteiger charge is 2.37. The normalized spacial score (nSPS) is 21.1. The van der Waals surface area contributed by atoms with Crippen molar-refractivity contribution in [2.45, 2.75) is 25.3 Å². The summed E-state index contributed by atoms with van der Waals surface area (Å²) in [6.45, 7) is 2.21. The minimum Gasteiger partial charge on any atom is -0.375 e. The number of ether oxygens (including phenoxy) is 1. The van der Waals surface area contributed by atoms with Crippen LogP contribution < -0.4 is 5.32 Å². The fourth-order valence-corrected chi connectivity index (χ4v) is 3.84. The summed E-state index contributed by atoms with van der Waals surface area (Å²) in [6, 6.07) is 9.30. The molecule has 3 amide bonds. The molecular weight excluding hydrogens is 346 g/mol. The molecule has 0 radical (unpaired) electrons. The number of nitrogens with one attached hydrogen (secondary N) is 1. The quantitative estimate of drug-likeness (QED) is 0.812. The number of piperazine rings is 1. The van der Waals surface area contributed by atoms with Gasteiger partial charge in [0.2, 0.25) is 17.7 Å². The largest absolute Gasteiger partial charge is 0.375 e. The number of piperidine rings is 1. The van der Waals surface area contributed by atoms with E-state index in [1.54, 1.807) is 9.80 Å². The van der Waals surface area contributed by atoms with Crippen LogP contribution in [0.5, 0.6) is 0 Å². The summed E-state index contributed by atoms with van der Waals surface area (Å²) in [7, 11) is 1.50. The smallest absolute Gasteiger partial charge is 0.248 e. The van der Waals surface area contributed by atoms with Crippen LogP contribution in [0.1, 0.15) is 18.4 Å². The lowest BCUT2D eigenvalue weighted by Gasteiger charge is -2.39. The highest BCUT2D eigenvalue weighted by atomic mass is 16.5. The van der Waals surface area contributed by atoms with Gasteiger partial charge in [-0.05, 0) is 18.4 Å². The second-order valence-corrected chi connectivity index (χ2v) is 7.12. The first-order valence-corrected chi connectivity index (χ1v) is 9.49. The Balaban J connectivity index is 1.63. The predicted molar refractivity (Wildman–Crippen MR) is 99.8 cm³/mol. The standard InChI is InChI=1S/C20H27N3O4/c1-27-14-18(24)22-10-7-16(8-11-22)20(26)23-12-9-21-19(25)17(23)13-15-5-3-2-4-6-15/h2-6,16-17H,7-14H2,1H3,(H,21,25)/t17-/m1/s1. The van der Waals surface area contributed by atoms with E-state index in [4.69, 9.17) is 4.74 Å². The molecule has 0 unspecified atom stereocenters. The van der Waals surface area contributed by atoms with Gasteiger partial charge in [0.05, 0.1) is 0 Å². The topological polar surface area (TPSA) is 79.0 Å². The summed E-state index contributed by atoms with van der Waals surface area (Å²) in [6.07, 6.45) is 1.78. The number of methoxy groups -OCH3 is 1. The van der Waals surface area contributed by atoms with Gasteiger partial charge in [0.1, 0.15) is 12.6 Å². The minimum atomic E-state index is -0.471. The Kier molecular flexibility index (Phi) is 6.45. The number of rotatable bonds is 5. The van der Waals surface area contributed by atoms with E-state index in [2.05, 4.69) is 5.32 Å². The van der Waals surface area contributed by atoms with Crippen molar-refractivity contribution in [2.24, 2.45) is 5.92 Å². The Hall–Kier alpha value is -2.41. The summed E-state index contributed by atoms with van der Waals surface area (Å²) >= 11 is 0. The third-order valence-corrected chi connectivity index (χ3v) is 5.35. The molecule has 0 bridgehead atoms. The van der Waals surface area contributed by atoms with Gasteiger partial charge in [0.25, 0.3) is 0 Å². The van der Waals surface area contributed by atoms with Gasteiger partial charge in [-0.25, -0.2) is 0 Å². The molecule has 0 aliphatic carbocycles. The number of hydrogen-bond acceptors (Lipinski definition) is 4. The lowest BCUT2D eigenvalue weighted by atomic mass is 9.93. The van der Waals surface area contributed by atoms with Crippen LogP contribution in [0.3, 0.4) is 0 Å². The van der Waals surface area contributed by atoms with Gasteiger partial charge in [-0.2, -0.15) is 0 Å². The van der Waals surface area contributed by atoms with E-state index in [9.17, 15) is 14.4 Å². The van der Waals surface area contributed by atoms with Gasteiger partial charge in [-0.1, -0.05) is 30.3 Å². The summed E-state index contributed by atoms with van der Waals surface area (Å²) in [5, 5.41) is 2.88. The van der Waals surface area contributed by atoms with Gasteiger partial charge in [-0.3, -0.25) is 14.4 Å². The Bertz CT molecular complexity index is 671. The lowest BCUT2D eigenvalue weighted by molar-refractivity contribution is -0.148. The molecule has 0 spiro atoms. The maximum Gasteiger partial charge on any atom is 0.248 e. The predicted octanol–water partition coefficient (Wildman–Crippen LogP) is 0.441. The molecule has 0 saturated carbocycles. The Morgan fingerprint density at radius 2 is 1.85 bits per heavy atom.